The second-order valence-corrected chi connectivity index (χ2v) is 10.2. The summed E-state index contributed by atoms with van der Waals surface area (Å²) in [5, 5.41) is 4.61. The van der Waals surface area contributed by atoms with Crippen LogP contribution in [0.4, 0.5) is 0 Å². The molecule has 6 nitrogen and oxygen atoms in total. The van der Waals surface area contributed by atoms with Gasteiger partial charge in [0, 0.05) is 24.9 Å². The van der Waals surface area contributed by atoms with Gasteiger partial charge in [0.25, 0.3) is 0 Å². The zero-order valence-electron chi connectivity index (χ0n) is 20.4. The van der Waals surface area contributed by atoms with Crippen molar-refractivity contribution in [3.05, 3.63) is 47.3 Å². The first kappa shape index (κ1) is 23.1. The van der Waals surface area contributed by atoms with Crippen LogP contribution in [0.1, 0.15) is 105 Å². The van der Waals surface area contributed by atoms with Crippen molar-refractivity contribution in [1.82, 2.24) is 14.7 Å². The number of amides is 1. The van der Waals surface area contributed by atoms with Crippen molar-refractivity contribution in [2.45, 2.75) is 83.0 Å². The maximum absolute atomic E-state index is 13.3. The van der Waals surface area contributed by atoms with E-state index in [-0.39, 0.29) is 11.9 Å². The third-order valence-electron chi connectivity index (χ3n) is 7.79. The van der Waals surface area contributed by atoms with Crippen molar-refractivity contribution < 1.29 is 14.3 Å². The van der Waals surface area contributed by atoms with Gasteiger partial charge >= 0.3 is 5.97 Å². The predicted octanol–water partition coefficient (Wildman–Crippen LogP) is 5.60. The molecular weight excluding hydrogens is 426 g/mol. The molecule has 2 aliphatic carbocycles. The molecule has 2 heterocycles. The number of likely N-dealkylation sites (tertiary alicyclic amines) is 1. The minimum atomic E-state index is -0.283. The van der Waals surface area contributed by atoms with Crippen LogP contribution in [0.5, 0.6) is 0 Å². The smallest absolute Gasteiger partial charge is 0.341 e. The highest BCUT2D eigenvalue weighted by Gasteiger charge is 2.34. The van der Waals surface area contributed by atoms with Crippen LogP contribution in [0, 0.1) is 5.92 Å². The largest absolute Gasteiger partial charge is 0.462 e. The number of benzene rings is 1. The van der Waals surface area contributed by atoms with E-state index >= 15 is 0 Å². The average molecular weight is 464 g/mol. The molecule has 1 saturated heterocycles. The van der Waals surface area contributed by atoms with Crippen LogP contribution in [-0.2, 0) is 9.53 Å². The summed E-state index contributed by atoms with van der Waals surface area (Å²) in [4.78, 5) is 27.9. The van der Waals surface area contributed by atoms with E-state index in [4.69, 9.17) is 4.74 Å². The molecule has 0 N–H and O–H groups in total. The Kier molecular flexibility index (Phi) is 7.02. The van der Waals surface area contributed by atoms with E-state index < -0.39 is 0 Å². The lowest BCUT2D eigenvalue weighted by molar-refractivity contribution is -0.136. The molecule has 0 radical (unpaired) electrons. The molecule has 182 valence electrons. The van der Waals surface area contributed by atoms with E-state index in [0.717, 1.165) is 75.8 Å². The number of hydrogen-bond donors (Lipinski definition) is 0. The Morgan fingerprint density at radius 3 is 2.53 bits per heavy atom. The van der Waals surface area contributed by atoms with Gasteiger partial charge < -0.3 is 9.64 Å². The quantitative estimate of drug-likeness (QED) is 0.523. The van der Waals surface area contributed by atoms with Crippen LogP contribution in [0.15, 0.2) is 30.5 Å². The van der Waals surface area contributed by atoms with Crippen LogP contribution in [0.25, 0.3) is 5.69 Å². The van der Waals surface area contributed by atoms with Crippen LogP contribution in [0.3, 0.4) is 0 Å². The van der Waals surface area contributed by atoms with Crippen molar-refractivity contribution in [2.24, 2.45) is 5.92 Å². The molecule has 1 aromatic carbocycles. The predicted molar refractivity (Wildman–Crippen MR) is 131 cm³/mol. The molecule has 6 heteroatoms. The van der Waals surface area contributed by atoms with Gasteiger partial charge in [-0.05, 0) is 75.5 Å². The molecule has 2 atom stereocenters. The highest BCUT2D eigenvalue weighted by atomic mass is 16.5. The second-order valence-electron chi connectivity index (χ2n) is 10.2. The van der Waals surface area contributed by atoms with Crippen molar-refractivity contribution in [1.29, 1.82) is 0 Å². The van der Waals surface area contributed by atoms with Gasteiger partial charge in [0.15, 0.2) is 0 Å². The van der Waals surface area contributed by atoms with Gasteiger partial charge in [-0.3, -0.25) is 4.79 Å². The summed E-state index contributed by atoms with van der Waals surface area (Å²) >= 11 is 0. The Morgan fingerprint density at radius 2 is 1.79 bits per heavy atom. The molecule has 5 rings (SSSR count). The zero-order valence-corrected chi connectivity index (χ0v) is 20.4. The molecule has 2 saturated carbocycles. The molecular formula is C28H37N3O3. The summed E-state index contributed by atoms with van der Waals surface area (Å²) in [7, 11) is 0. The van der Waals surface area contributed by atoms with Gasteiger partial charge in [0.1, 0.15) is 5.56 Å². The molecule has 0 bridgehead atoms. The molecule has 3 aliphatic rings. The first-order valence-electron chi connectivity index (χ1n) is 13.3. The maximum atomic E-state index is 13.3. The fourth-order valence-corrected chi connectivity index (χ4v) is 5.86. The summed E-state index contributed by atoms with van der Waals surface area (Å²) < 4.78 is 7.22. The van der Waals surface area contributed by atoms with Gasteiger partial charge in [0.2, 0.25) is 5.91 Å². The van der Waals surface area contributed by atoms with Crippen LogP contribution in [0.2, 0.25) is 0 Å². The second kappa shape index (κ2) is 10.3. The van der Waals surface area contributed by atoms with Gasteiger partial charge in [-0.1, -0.05) is 31.4 Å². The van der Waals surface area contributed by atoms with Crippen LogP contribution >= 0.6 is 0 Å². The highest BCUT2D eigenvalue weighted by Crippen LogP contribution is 2.43. The third-order valence-corrected chi connectivity index (χ3v) is 7.79. The summed E-state index contributed by atoms with van der Waals surface area (Å²) in [5.41, 5.74) is 3.85. The maximum Gasteiger partial charge on any atom is 0.341 e. The summed E-state index contributed by atoms with van der Waals surface area (Å²) in [6.07, 6.45) is 12.8. The highest BCUT2D eigenvalue weighted by molar-refractivity contribution is 5.91. The SMILES string of the molecule is CCOC(=O)c1cnn(-c2cccc(C3CCCC(C(=O)N4CCCCCC4)C3)c2)c1C1CC1. The number of esters is 1. The topological polar surface area (TPSA) is 64.4 Å². The van der Waals surface area contributed by atoms with E-state index in [1.807, 2.05) is 11.6 Å². The summed E-state index contributed by atoms with van der Waals surface area (Å²) in [6.45, 7) is 4.06. The van der Waals surface area contributed by atoms with Gasteiger partial charge in [0.05, 0.1) is 24.2 Å². The monoisotopic (exact) mass is 463 g/mol. The number of nitrogens with zero attached hydrogens (tertiary/aromatic N) is 3. The van der Waals surface area contributed by atoms with E-state index in [1.165, 1.54) is 18.4 Å². The molecule has 1 aliphatic heterocycles. The van der Waals surface area contributed by atoms with Crippen molar-refractivity contribution in [3.8, 4) is 5.69 Å². The van der Waals surface area contributed by atoms with Crippen LogP contribution < -0.4 is 0 Å². The zero-order chi connectivity index (χ0) is 23.5. The first-order chi connectivity index (χ1) is 16.7. The fraction of sp³-hybridized carbons (Fsp3) is 0.607. The Balaban J connectivity index is 1.35. The Bertz CT molecular complexity index is 1020. The molecule has 2 aromatic rings. The number of aromatic nitrogens is 2. The minimum Gasteiger partial charge on any atom is -0.462 e. The van der Waals surface area contributed by atoms with Gasteiger partial charge in [-0.25, -0.2) is 9.48 Å². The lowest BCUT2D eigenvalue weighted by Crippen LogP contribution is -2.38. The van der Waals surface area contributed by atoms with E-state index in [1.54, 1.807) is 6.20 Å². The average Bonchev–Trinajstić information content (AvgIpc) is 3.67. The van der Waals surface area contributed by atoms with Crippen molar-refractivity contribution in [3.63, 3.8) is 0 Å². The van der Waals surface area contributed by atoms with Crippen molar-refractivity contribution >= 4 is 11.9 Å². The van der Waals surface area contributed by atoms with Crippen molar-refractivity contribution in [2.75, 3.05) is 19.7 Å². The fourth-order valence-electron chi connectivity index (χ4n) is 5.86. The molecule has 2 unspecified atom stereocenters. The number of ether oxygens (including phenoxy) is 1. The number of rotatable bonds is 6. The lowest BCUT2D eigenvalue weighted by Gasteiger charge is -2.32. The molecule has 0 spiro atoms. The van der Waals surface area contributed by atoms with Gasteiger partial charge in [-0.15, -0.1) is 0 Å². The summed E-state index contributed by atoms with van der Waals surface area (Å²) in [5.74, 6) is 0.997. The van der Waals surface area contributed by atoms with E-state index in [9.17, 15) is 9.59 Å². The Hall–Kier alpha value is -2.63. The normalized spacial score (nSPS) is 23.4. The molecule has 3 fully saturated rings. The third kappa shape index (κ3) is 4.91. The standard InChI is InChI=1S/C28H37N3O3/c1-2-34-28(33)25-19-29-31(26(25)20-13-14-20)24-12-8-10-22(18-24)21-9-7-11-23(17-21)27(32)30-15-5-3-4-6-16-30/h8,10,12,18-21,23H,2-7,9,11,13-17H2,1H3. The van der Waals surface area contributed by atoms with Crippen LogP contribution in [-0.4, -0.2) is 46.3 Å². The number of carbonyl (C=O) groups is 2. The minimum absolute atomic E-state index is 0.141. The lowest BCUT2D eigenvalue weighted by atomic mass is 9.77. The first-order valence-corrected chi connectivity index (χ1v) is 13.3. The van der Waals surface area contributed by atoms with E-state index in [0.29, 0.717) is 29.9 Å². The number of hydrogen-bond acceptors (Lipinski definition) is 4. The van der Waals surface area contributed by atoms with Gasteiger partial charge in [-0.2, -0.15) is 5.10 Å². The Morgan fingerprint density at radius 1 is 1.00 bits per heavy atom. The Labute approximate surface area is 202 Å². The molecule has 1 aromatic heterocycles. The molecule has 34 heavy (non-hydrogen) atoms. The van der Waals surface area contributed by atoms with E-state index in [2.05, 4.69) is 34.3 Å². The number of carbonyl (C=O) groups excluding carboxylic acids is 2. The molecule has 1 amide bonds. The summed E-state index contributed by atoms with van der Waals surface area (Å²) in [6, 6.07) is 8.57.